The maximum Gasteiger partial charge on any atom is 0.430 e. The third kappa shape index (κ3) is 3.17. The highest BCUT2D eigenvalue weighted by molar-refractivity contribution is 5.85. The van der Waals surface area contributed by atoms with Gasteiger partial charge < -0.3 is 9.84 Å². The first-order valence-corrected chi connectivity index (χ1v) is 7.73. The van der Waals surface area contributed by atoms with E-state index in [1.54, 1.807) is 24.4 Å². The highest BCUT2D eigenvalue weighted by Gasteiger charge is 2.23. The van der Waals surface area contributed by atoms with Crippen molar-refractivity contribution in [3.8, 4) is 5.75 Å². The molecule has 0 spiro atoms. The summed E-state index contributed by atoms with van der Waals surface area (Å²) in [4.78, 5) is 14.0. The van der Waals surface area contributed by atoms with Crippen molar-refractivity contribution < 1.29 is 14.6 Å². The van der Waals surface area contributed by atoms with Gasteiger partial charge in [0.05, 0.1) is 17.8 Å². The van der Waals surface area contributed by atoms with Crippen LogP contribution >= 0.6 is 0 Å². The van der Waals surface area contributed by atoms with Gasteiger partial charge in [-0.25, -0.2) is 4.79 Å². The van der Waals surface area contributed by atoms with Crippen molar-refractivity contribution in [2.45, 2.75) is 26.5 Å². The highest BCUT2D eigenvalue weighted by atomic mass is 16.6. The number of phenols is 1. The van der Waals surface area contributed by atoms with Crippen molar-refractivity contribution in [3.05, 3.63) is 60.3 Å². The normalized spacial score (nSPS) is 11.0. The molecule has 0 atom stereocenters. The number of carbonyl (C=O) groups excluding carboxylic acids is 1. The van der Waals surface area contributed by atoms with Gasteiger partial charge in [-0.3, -0.25) is 0 Å². The maximum atomic E-state index is 12.6. The minimum atomic E-state index is -0.498. The van der Waals surface area contributed by atoms with Gasteiger partial charge >= 0.3 is 6.09 Å². The first-order valence-electron chi connectivity index (χ1n) is 7.73. The monoisotopic (exact) mass is 325 g/mol. The fraction of sp³-hybridized carbons (Fsp3) is 0.222. The molecule has 0 radical (unpaired) electrons. The van der Waals surface area contributed by atoms with Crippen LogP contribution in [0.25, 0.3) is 10.9 Å². The summed E-state index contributed by atoms with van der Waals surface area (Å²) in [6, 6.07) is 14.2. The number of hydrogen-bond donors (Lipinski definition) is 1. The number of amides is 1. The molecule has 0 fully saturated rings. The molecule has 3 aromatic rings. The Labute approximate surface area is 139 Å². The summed E-state index contributed by atoms with van der Waals surface area (Å²) >= 11 is 0. The Bertz CT molecular complexity index is 843. The maximum absolute atomic E-state index is 12.6. The lowest BCUT2D eigenvalue weighted by Crippen LogP contribution is -2.46. The second-order valence-corrected chi connectivity index (χ2v) is 5.76. The minimum Gasteiger partial charge on any atom is -0.508 e. The molecule has 1 amide bonds. The van der Waals surface area contributed by atoms with Crippen molar-refractivity contribution in [3.63, 3.8) is 0 Å². The molecule has 6 nitrogen and oxygen atoms in total. The predicted octanol–water partition coefficient (Wildman–Crippen LogP) is 3.43. The van der Waals surface area contributed by atoms with Crippen molar-refractivity contribution >= 4 is 17.0 Å². The molecule has 0 aliphatic rings. The summed E-state index contributed by atoms with van der Waals surface area (Å²) in [5, 5.41) is 16.2. The number of aromatic nitrogens is 2. The topological polar surface area (TPSA) is 67.6 Å². The zero-order valence-corrected chi connectivity index (χ0v) is 13.6. The number of benzene rings is 2. The van der Waals surface area contributed by atoms with E-state index in [-0.39, 0.29) is 18.4 Å². The molecule has 0 saturated heterocycles. The van der Waals surface area contributed by atoms with Crippen LogP contribution in [0.5, 0.6) is 5.75 Å². The van der Waals surface area contributed by atoms with E-state index in [1.807, 2.05) is 44.2 Å². The van der Waals surface area contributed by atoms with E-state index in [0.29, 0.717) is 5.52 Å². The Balaban J connectivity index is 1.86. The van der Waals surface area contributed by atoms with Crippen LogP contribution in [0.1, 0.15) is 19.4 Å². The van der Waals surface area contributed by atoms with Gasteiger partial charge in [0.25, 0.3) is 0 Å². The van der Waals surface area contributed by atoms with Crippen LogP contribution in [0.4, 0.5) is 4.79 Å². The number of ether oxygens (including phenoxy) is 1. The van der Waals surface area contributed by atoms with Gasteiger partial charge in [0.15, 0.2) is 0 Å². The molecule has 0 unspecified atom stereocenters. The lowest BCUT2D eigenvalue weighted by atomic mass is 10.2. The fourth-order valence-electron chi connectivity index (χ4n) is 2.46. The number of carbonyl (C=O) groups is 1. The van der Waals surface area contributed by atoms with E-state index in [2.05, 4.69) is 5.10 Å². The van der Waals surface area contributed by atoms with E-state index < -0.39 is 6.09 Å². The molecule has 3 rings (SSSR count). The quantitative estimate of drug-likeness (QED) is 0.798. The molecule has 6 heteroatoms. The van der Waals surface area contributed by atoms with E-state index in [9.17, 15) is 9.90 Å². The Kier molecular flexibility index (Phi) is 4.37. The van der Waals surface area contributed by atoms with Crippen LogP contribution in [-0.2, 0) is 11.3 Å². The molecule has 124 valence electrons. The molecule has 24 heavy (non-hydrogen) atoms. The van der Waals surface area contributed by atoms with Gasteiger partial charge in [-0.2, -0.15) is 14.9 Å². The molecule has 0 bridgehead atoms. The van der Waals surface area contributed by atoms with Crippen LogP contribution in [0.2, 0.25) is 0 Å². The van der Waals surface area contributed by atoms with Gasteiger partial charge in [0.1, 0.15) is 12.4 Å². The minimum absolute atomic E-state index is 0.116. The highest BCUT2D eigenvalue weighted by Crippen LogP contribution is 2.20. The molecule has 0 aliphatic carbocycles. The number of fused-ring (bicyclic) bond motifs is 1. The van der Waals surface area contributed by atoms with Gasteiger partial charge in [0, 0.05) is 11.5 Å². The van der Waals surface area contributed by atoms with Crippen LogP contribution in [0.3, 0.4) is 0 Å². The second kappa shape index (κ2) is 6.62. The second-order valence-electron chi connectivity index (χ2n) is 5.76. The average Bonchev–Trinajstić information content (AvgIpc) is 2.97. The van der Waals surface area contributed by atoms with Crippen molar-refractivity contribution in [2.75, 3.05) is 5.01 Å². The Morgan fingerprint density at radius 2 is 2.00 bits per heavy atom. The molecular formula is C18H19N3O3. The smallest absolute Gasteiger partial charge is 0.430 e. The van der Waals surface area contributed by atoms with Crippen molar-refractivity contribution in [1.29, 1.82) is 0 Å². The number of rotatable bonds is 4. The van der Waals surface area contributed by atoms with Crippen LogP contribution in [-0.4, -0.2) is 27.1 Å². The first-order chi connectivity index (χ1) is 11.6. The summed E-state index contributed by atoms with van der Waals surface area (Å²) in [5.41, 5.74) is 1.55. The molecular weight excluding hydrogens is 306 g/mol. The molecule has 1 heterocycles. The Morgan fingerprint density at radius 1 is 1.25 bits per heavy atom. The third-order valence-electron chi connectivity index (χ3n) is 3.62. The lowest BCUT2D eigenvalue weighted by molar-refractivity contribution is 0.137. The molecule has 1 aromatic heterocycles. The molecule has 0 aliphatic heterocycles. The van der Waals surface area contributed by atoms with E-state index in [4.69, 9.17) is 4.74 Å². The fourth-order valence-corrected chi connectivity index (χ4v) is 2.46. The number of hydrogen-bond acceptors (Lipinski definition) is 4. The molecule has 1 N–H and O–H groups in total. The summed E-state index contributed by atoms with van der Waals surface area (Å²) in [5.74, 6) is 0.116. The van der Waals surface area contributed by atoms with Gasteiger partial charge in [0.2, 0.25) is 0 Å². The van der Waals surface area contributed by atoms with Crippen molar-refractivity contribution in [1.82, 2.24) is 9.89 Å². The average molecular weight is 325 g/mol. The Morgan fingerprint density at radius 3 is 2.71 bits per heavy atom. The molecule has 0 saturated carbocycles. The van der Waals surface area contributed by atoms with Crippen LogP contribution in [0.15, 0.2) is 54.7 Å². The van der Waals surface area contributed by atoms with E-state index in [1.165, 1.54) is 9.80 Å². The van der Waals surface area contributed by atoms with Crippen LogP contribution < -0.4 is 5.01 Å². The van der Waals surface area contributed by atoms with Gasteiger partial charge in [-0.1, -0.05) is 30.3 Å². The summed E-state index contributed by atoms with van der Waals surface area (Å²) < 4.78 is 5.42. The first kappa shape index (κ1) is 15.9. The largest absolute Gasteiger partial charge is 0.508 e. The Hall–Kier alpha value is -3.02. The van der Waals surface area contributed by atoms with Crippen molar-refractivity contribution in [2.24, 2.45) is 0 Å². The van der Waals surface area contributed by atoms with Gasteiger partial charge in [-0.05, 0) is 31.5 Å². The summed E-state index contributed by atoms with van der Waals surface area (Å²) in [7, 11) is 0. The zero-order valence-electron chi connectivity index (χ0n) is 13.6. The third-order valence-corrected chi connectivity index (χ3v) is 3.62. The number of aromatic hydroxyl groups is 1. The van der Waals surface area contributed by atoms with E-state index in [0.717, 1.165) is 10.9 Å². The van der Waals surface area contributed by atoms with E-state index >= 15 is 0 Å². The van der Waals surface area contributed by atoms with Gasteiger partial charge in [-0.15, -0.1) is 0 Å². The SMILES string of the molecule is CC(C)N(C(=O)OCc1ccccc1)n1ncc2ccc(O)cc21. The predicted molar refractivity (Wildman–Crippen MR) is 91.4 cm³/mol. The zero-order chi connectivity index (χ0) is 17.1. The lowest BCUT2D eigenvalue weighted by Gasteiger charge is -2.26. The number of phenolic OH excluding ortho intramolecular Hbond substituents is 1. The molecule has 2 aromatic carbocycles. The summed E-state index contributed by atoms with van der Waals surface area (Å²) in [6.45, 7) is 3.94. The number of nitrogens with zero attached hydrogens (tertiary/aromatic N) is 3. The summed E-state index contributed by atoms with van der Waals surface area (Å²) in [6.07, 6.45) is 1.15. The van der Waals surface area contributed by atoms with Crippen LogP contribution in [0, 0.1) is 0 Å². The standard InChI is InChI=1S/C18H19N3O3/c1-13(2)20(18(23)24-12-14-6-4-3-5-7-14)21-17-10-16(22)9-8-15(17)11-19-21/h3-11,13,22H,12H2,1-2H3.